The van der Waals surface area contributed by atoms with Crippen LogP contribution in [0.3, 0.4) is 0 Å². The van der Waals surface area contributed by atoms with Gasteiger partial charge in [0.25, 0.3) is 0 Å². The van der Waals surface area contributed by atoms with Crippen LogP contribution in [0.25, 0.3) is 0 Å². The molecule has 0 radical (unpaired) electrons. The van der Waals surface area contributed by atoms with Crippen molar-refractivity contribution in [3.8, 4) is 0 Å². The Morgan fingerprint density at radius 2 is 2.00 bits per heavy atom. The quantitative estimate of drug-likeness (QED) is 0.910. The molecule has 0 aliphatic carbocycles. The third-order valence-corrected chi connectivity index (χ3v) is 4.39. The molecule has 0 saturated carbocycles. The molecule has 0 fully saturated rings. The third-order valence-electron chi connectivity index (χ3n) is 2.84. The van der Waals surface area contributed by atoms with Crippen molar-refractivity contribution in [3.05, 3.63) is 32.7 Å². The summed E-state index contributed by atoms with van der Waals surface area (Å²) < 4.78 is 1.14. The molecule has 0 aromatic carbocycles. The number of halogens is 1. The standard InChI is InChI=1S/C14H19BrN4S/c1-14(2,3)13-17-11(16)6-12(18-13)19(4)7-9-5-10(15)20-8-9/h5-6,8H,7H2,1-4H3,(H2,16,17,18). The number of hydrogen-bond donors (Lipinski definition) is 1. The fraction of sp³-hybridized carbons (Fsp3) is 0.429. The largest absolute Gasteiger partial charge is 0.384 e. The van der Waals surface area contributed by atoms with Crippen LogP contribution < -0.4 is 10.6 Å². The fourth-order valence-electron chi connectivity index (χ4n) is 1.77. The van der Waals surface area contributed by atoms with Gasteiger partial charge in [-0.2, -0.15) is 0 Å². The lowest BCUT2D eigenvalue weighted by Crippen LogP contribution is -2.22. The second-order valence-corrected chi connectivity index (χ2v) is 8.13. The molecule has 0 atom stereocenters. The molecule has 20 heavy (non-hydrogen) atoms. The van der Waals surface area contributed by atoms with Crippen molar-refractivity contribution in [2.75, 3.05) is 17.7 Å². The van der Waals surface area contributed by atoms with Crippen molar-refractivity contribution in [2.24, 2.45) is 0 Å². The minimum absolute atomic E-state index is 0.115. The first kappa shape index (κ1) is 15.3. The lowest BCUT2D eigenvalue weighted by atomic mass is 9.96. The average Bonchev–Trinajstić information content (AvgIpc) is 2.72. The van der Waals surface area contributed by atoms with E-state index in [9.17, 15) is 0 Å². The summed E-state index contributed by atoms with van der Waals surface area (Å²) in [5, 5.41) is 2.13. The minimum atomic E-state index is -0.115. The number of anilines is 2. The Morgan fingerprint density at radius 3 is 2.55 bits per heavy atom. The van der Waals surface area contributed by atoms with E-state index in [4.69, 9.17) is 5.73 Å². The first-order valence-corrected chi connectivity index (χ1v) is 8.02. The van der Waals surface area contributed by atoms with Crippen molar-refractivity contribution in [1.82, 2.24) is 9.97 Å². The van der Waals surface area contributed by atoms with Gasteiger partial charge in [-0.05, 0) is 32.9 Å². The van der Waals surface area contributed by atoms with Crippen LogP contribution in [0.4, 0.5) is 11.6 Å². The van der Waals surface area contributed by atoms with Gasteiger partial charge >= 0.3 is 0 Å². The number of rotatable bonds is 3. The van der Waals surface area contributed by atoms with Gasteiger partial charge in [-0.3, -0.25) is 0 Å². The predicted octanol–water partition coefficient (Wildman–Crippen LogP) is 3.82. The van der Waals surface area contributed by atoms with Crippen LogP contribution in [0, 0.1) is 0 Å². The Bertz CT molecular complexity index is 603. The zero-order valence-electron chi connectivity index (χ0n) is 12.1. The van der Waals surface area contributed by atoms with Gasteiger partial charge in [-0.1, -0.05) is 20.8 Å². The van der Waals surface area contributed by atoms with Crippen LogP contribution in [0.5, 0.6) is 0 Å². The summed E-state index contributed by atoms with van der Waals surface area (Å²) in [6.07, 6.45) is 0. The first-order chi connectivity index (χ1) is 9.25. The van der Waals surface area contributed by atoms with E-state index in [0.29, 0.717) is 5.82 Å². The molecule has 4 nitrogen and oxygen atoms in total. The van der Waals surface area contributed by atoms with Crippen molar-refractivity contribution >= 4 is 38.9 Å². The Kier molecular flexibility index (Phi) is 4.34. The predicted molar refractivity (Wildman–Crippen MR) is 89.3 cm³/mol. The zero-order valence-corrected chi connectivity index (χ0v) is 14.5. The molecule has 2 N–H and O–H groups in total. The van der Waals surface area contributed by atoms with Gasteiger partial charge in [0.15, 0.2) is 0 Å². The number of nitrogen functional groups attached to an aromatic ring is 1. The van der Waals surface area contributed by atoms with Crippen LogP contribution in [0.1, 0.15) is 32.2 Å². The van der Waals surface area contributed by atoms with Crippen molar-refractivity contribution < 1.29 is 0 Å². The molecule has 0 unspecified atom stereocenters. The smallest absolute Gasteiger partial charge is 0.138 e. The Hall–Kier alpha value is -1.14. The molecule has 0 amide bonds. The summed E-state index contributed by atoms with van der Waals surface area (Å²) in [7, 11) is 2.01. The van der Waals surface area contributed by atoms with E-state index in [1.807, 2.05) is 13.1 Å². The zero-order chi connectivity index (χ0) is 14.9. The normalized spacial score (nSPS) is 11.7. The molecule has 2 aromatic rings. The van der Waals surface area contributed by atoms with E-state index in [0.717, 1.165) is 22.0 Å². The van der Waals surface area contributed by atoms with Crippen molar-refractivity contribution in [1.29, 1.82) is 0 Å². The van der Waals surface area contributed by atoms with Crippen LogP contribution in [-0.2, 0) is 12.0 Å². The van der Waals surface area contributed by atoms with E-state index in [2.05, 4.69) is 63.0 Å². The lowest BCUT2D eigenvalue weighted by molar-refractivity contribution is 0.545. The van der Waals surface area contributed by atoms with Gasteiger partial charge in [0.2, 0.25) is 0 Å². The van der Waals surface area contributed by atoms with Crippen LogP contribution in [0.2, 0.25) is 0 Å². The van der Waals surface area contributed by atoms with Crippen LogP contribution in [0.15, 0.2) is 21.3 Å². The molecule has 0 aliphatic heterocycles. The first-order valence-electron chi connectivity index (χ1n) is 6.35. The van der Waals surface area contributed by atoms with Crippen LogP contribution >= 0.6 is 27.3 Å². The summed E-state index contributed by atoms with van der Waals surface area (Å²) in [6.45, 7) is 7.05. The summed E-state index contributed by atoms with van der Waals surface area (Å²) >= 11 is 5.17. The van der Waals surface area contributed by atoms with Gasteiger partial charge in [-0.25, -0.2) is 9.97 Å². The molecular formula is C14H19BrN4S. The molecule has 2 aromatic heterocycles. The van der Waals surface area contributed by atoms with E-state index in [-0.39, 0.29) is 5.41 Å². The number of thiophene rings is 1. The maximum absolute atomic E-state index is 5.91. The summed E-state index contributed by atoms with van der Waals surface area (Å²) in [5.74, 6) is 2.13. The molecule has 108 valence electrons. The number of aromatic nitrogens is 2. The minimum Gasteiger partial charge on any atom is -0.384 e. The lowest BCUT2D eigenvalue weighted by Gasteiger charge is -2.22. The van der Waals surface area contributed by atoms with E-state index in [1.165, 1.54) is 5.56 Å². The van der Waals surface area contributed by atoms with Gasteiger partial charge < -0.3 is 10.6 Å². The van der Waals surface area contributed by atoms with E-state index >= 15 is 0 Å². The highest BCUT2D eigenvalue weighted by molar-refractivity contribution is 9.11. The number of nitrogens with zero attached hydrogens (tertiary/aromatic N) is 3. The molecule has 0 spiro atoms. The van der Waals surface area contributed by atoms with Gasteiger partial charge in [0.05, 0.1) is 3.79 Å². The summed E-state index contributed by atoms with van der Waals surface area (Å²) in [4.78, 5) is 11.1. The molecule has 0 bridgehead atoms. The monoisotopic (exact) mass is 354 g/mol. The number of nitrogens with two attached hydrogens (primary N) is 1. The highest BCUT2D eigenvalue weighted by atomic mass is 79.9. The molecule has 2 heterocycles. The average molecular weight is 355 g/mol. The van der Waals surface area contributed by atoms with E-state index < -0.39 is 0 Å². The highest BCUT2D eigenvalue weighted by Crippen LogP contribution is 2.25. The van der Waals surface area contributed by atoms with Crippen molar-refractivity contribution in [3.63, 3.8) is 0 Å². The molecular weight excluding hydrogens is 336 g/mol. The van der Waals surface area contributed by atoms with Gasteiger partial charge in [0, 0.05) is 25.1 Å². The Balaban J connectivity index is 2.25. The Labute approximate surface area is 132 Å². The molecule has 6 heteroatoms. The maximum Gasteiger partial charge on any atom is 0.138 e. The van der Waals surface area contributed by atoms with Gasteiger partial charge in [0.1, 0.15) is 17.5 Å². The second-order valence-electron chi connectivity index (χ2n) is 5.84. The van der Waals surface area contributed by atoms with Crippen LogP contribution in [-0.4, -0.2) is 17.0 Å². The summed E-state index contributed by atoms with van der Waals surface area (Å²) in [5.41, 5.74) is 7.04. The Morgan fingerprint density at radius 1 is 1.30 bits per heavy atom. The number of hydrogen-bond acceptors (Lipinski definition) is 5. The highest BCUT2D eigenvalue weighted by Gasteiger charge is 2.19. The molecule has 0 saturated heterocycles. The molecule has 0 aliphatic rings. The van der Waals surface area contributed by atoms with E-state index in [1.54, 1.807) is 11.3 Å². The molecule has 2 rings (SSSR count). The van der Waals surface area contributed by atoms with Gasteiger partial charge in [-0.15, -0.1) is 11.3 Å². The second kappa shape index (κ2) is 5.69. The fourth-order valence-corrected chi connectivity index (χ4v) is 2.97. The summed E-state index contributed by atoms with van der Waals surface area (Å²) in [6, 6.07) is 3.94. The van der Waals surface area contributed by atoms with Crippen molar-refractivity contribution in [2.45, 2.75) is 32.7 Å². The third kappa shape index (κ3) is 3.70. The maximum atomic E-state index is 5.91. The SMILES string of the molecule is CN(Cc1csc(Br)c1)c1cc(N)nc(C(C)(C)C)n1. The topological polar surface area (TPSA) is 55.0 Å².